The number of nitrogens with zero attached hydrogens (tertiary/aromatic N) is 2. The minimum Gasteiger partial charge on any atom is -0.325 e. The van der Waals surface area contributed by atoms with Crippen molar-refractivity contribution in [3.05, 3.63) is 54.4 Å². The molecule has 0 atom stereocenters. The molecule has 1 fully saturated rings. The van der Waals surface area contributed by atoms with Crippen LogP contribution in [0.2, 0.25) is 0 Å². The third-order valence-electron chi connectivity index (χ3n) is 4.43. The molecule has 3 rings (SSSR count). The van der Waals surface area contributed by atoms with Crippen molar-refractivity contribution in [2.45, 2.75) is 25.7 Å². The molecular formula is C19H18N4O2. The van der Waals surface area contributed by atoms with E-state index in [-0.39, 0.29) is 11.8 Å². The van der Waals surface area contributed by atoms with Gasteiger partial charge in [-0.05, 0) is 43.2 Å². The number of carbonyl (C=O) groups excluding carboxylic acids is 2. The molecular weight excluding hydrogens is 316 g/mol. The summed E-state index contributed by atoms with van der Waals surface area (Å²) in [5, 5.41) is 14.9. The van der Waals surface area contributed by atoms with E-state index in [9.17, 15) is 14.9 Å². The fraction of sp³-hybridized carbons (Fsp3) is 0.263. The maximum atomic E-state index is 12.5. The topological polar surface area (TPSA) is 94.9 Å². The van der Waals surface area contributed by atoms with Crippen molar-refractivity contribution in [2.24, 2.45) is 5.41 Å². The summed E-state index contributed by atoms with van der Waals surface area (Å²) in [6.07, 6.45) is 6.12. The fourth-order valence-corrected chi connectivity index (χ4v) is 3.00. The Bertz CT molecular complexity index is 821. The van der Waals surface area contributed by atoms with Crippen LogP contribution in [0.3, 0.4) is 0 Å². The first kappa shape index (κ1) is 16.7. The molecule has 126 valence electrons. The molecule has 2 aromatic rings. The second kappa shape index (κ2) is 7.14. The van der Waals surface area contributed by atoms with Gasteiger partial charge in [0.1, 0.15) is 5.41 Å². The van der Waals surface area contributed by atoms with Crippen LogP contribution in [-0.2, 0) is 4.79 Å². The number of amides is 2. The molecule has 0 aliphatic heterocycles. The van der Waals surface area contributed by atoms with E-state index in [0.717, 1.165) is 12.8 Å². The van der Waals surface area contributed by atoms with Crippen LogP contribution in [-0.4, -0.2) is 16.8 Å². The van der Waals surface area contributed by atoms with Crippen molar-refractivity contribution < 1.29 is 9.59 Å². The normalized spacial score (nSPS) is 15.2. The predicted octanol–water partition coefficient (Wildman–Crippen LogP) is 3.36. The highest BCUT2D eigenvalue weighted by atomic mass is 16.2. The number of anilines is 2. The van der Waals surface area contributed by atoms with Gasteiger partial charge in [0, 0.05) is 29.3 Å². The Morgan fingerprint density at radius 3 is 2.44 bits per heavy atom. The molecule has 0 saturated heterocycles. The van der Waals surface area contributed by atoms with Crippen molar-refractivity contribution in [2.75, 3.05) is 10.6 Å². The second-order valence-corrected chi connectivity index (χ2v) is 6.13. The summed E-state index contributed by atoms with van der Waals surface area (Å²) in [4.78, 5) is 28.7. The highest BCUT2D eigenvalue weighted by Gasteiger charge is 2.41. The Hall–Kier alpha value is -3.20. The molecule has 6 nitrogen and oxygen atoms in total. The van der Waals surface area contributed by atoms with Gasteiger partial charge < -0.3 is 10.6 Å². The fourth-order valence-electron chi connectivity index (χ4n) is 3.00. The Morgan fingerprint density at radius 2 is 1.76 bits per heavy atom. The van der Waals surface area contributed by atoms with Crippen LogP contribution in [0.1, 0.15) is 36.0 Å². The SMILES string of the molecule is N#CC1(C(=O)Nc2cccc(C(=O)Nc3ccncc3)c2)CCCC1. The van der Waals surface area contributed by atoms with Crippen molar-refractivity contribution in [3.63, 3.8) is 0 Å². The molecule has 1 aromatic carbocycles. The lowest BCUT2D eigenvalue weighted by atomic mass is 9.87. The molecule has 1 aromatic heterocycles. The first-order valence-corrected chi connectivity index (χ1v) is 8.17. The van der Waals surface area contributed by atoms with E-state index in [1.54, 1.807) is 48.8 Å². The third kappa shape index (κ3) is 3.66. The van der Waals surface area contributed by atoms with Crippen LogP contribution in [0.4, 0.5) is 11.4 Å². The highest BCUT2D eigenvalue weighted by molar-refractivity contribution is 6.05. The molecule has 6 heteroatoms. The highest BCUT2D eigenvalue weighted by Crippen LogP contribution is 2.38. The van der Waals surface area contributed by atoms with E-state index in [4.69, 9.17) is 0 Å². The van der Waals surface area contributed by atoms with Crippen LogP contribution < -0.4 is 10.6 Å². The van der Waals surface area contributed by atoms with E-state index in [2.05, 4.69) is 21.7 Å². The molecule has 1 aliphatic rings. The number of carbonyl (C=O) groups is 2. The number of nitrogens with one attached hydrogen (secondary N) is 2. The summed E-state index contributed by atoms with van der Waals surface area (Å²) < 4.78 is 0. The molecule has 25 heavy (non-hydrogen) atoms. The van der Waals surface area contributed by atoms with Crippen LogP contribution >= 0.6 is 0 Å². The van der Waals surface area contributed by atoms with Crippen LogP contribution in [0.25, 0.3) is 0 Å². The van der Waals surface area contributed by atoms with Gasteiger partial charge in [-0.1, -0.05) is 18.9 Å². The maximum absolute atomic E-state index is 12.5. The van der Waals surface area contributed by atoms with Gasteiger partial charge in [0.15, 0.2) is 0 Å². The van der Waals surface area contributed by atoms with E-state index in [1.807, 2.05) is 0 Å². The number of hydrogen-bond acceptors (Lipinski definition) is 4. The van der Waals surface area contributed by atoms with Crippen LogP contribution in [0.5, 0.6) is 0 Å². The predicted molar refractivity (Wildman–Crippen MR) is 93.8 cm³/mol. The summed E-state index contributed by atoms with van der Waals surface area (Å²) in [6.45, 7) is 0. The quantitative estimate of drug-likeness (QED) is 0.896. The van der Waals surface area contributed by atoms with Crippen molar-refractivity contribution in [1.82, 2.24) is 4.98 Å². The summed E-state index contributed by atoms with van der Waals surface area (Å²) >= 11 is 0. The van der Waals surface area contributed by atoms with Crippen LogP contribution in [0, 0.1) is 16.7 Å². The summed E-state index contributed by atoms with van der Waals surface area (Å²) in [6, 6.07) is 12.2. The lowest BCUT2D eigenvalue weighted by Gasteiger charge is -2.19. The first-order chi connectivity index (χ1) is 12.1. The zero-order valence-corrected chi connectivity index (χ0v) is 13.7. The van der Waals surface area contributed by atoms with Gasteiger partial charge in [-0.3, -0.25) is 14.6 Å². The summed E-state index contributed by atoms with van der Waals surface area (Å²) in [5.41, 5.74) is 0.625. The Morgan fingerprint density at radius 1 is 1.04 bits per heavy atom. The Balaban J connectivity index is 1.72. The maximum Gasteiger partial charge on any atom is 0.255 e. The lowest BCUT2D eigenvalue weighted by molar-refractivity contribution is -0.122. The van der Waals surface area contributed by atoms with Crippen molar-refractivity contribution in [3.8, 4) is 6.07 Å². The number of pyridine rings is 1. The second-order valence-electron chi connectivity index (χ2n) is 6.13. The molecule has 1 heterocycles. The molecule has 0 unspecified atom stereocenters. The molecule has 2 N–H and O–H groups in total. The monoisotopic (exact) mass is 334 g/mol. The van der Waals surface area contributed by atoms with Gasteiger partial charge >= 0.3 is 0 Å². The average molecular weight is 334 g/mol. The Kier molecular flexibility index (Phi) is 4.75. The van der Waals surface area contributed by atoms with Crippen molar-refractivity contribution >= 4 is 23.2 Å². The standard InChI is InChI=1S/C19H18N4O2/c20-13-19(8-1-2-9-19)18(25)23-16-5-3-4-14(12-16)17(24)22-15-6-10-21-11-7-15/h3-7,10-12H,1-2,8-9H2,(H,23,25)(H,21,22,24). The minimum absolute atomic E-state index is 0.279. The zero-order chi connectivity index (χ0) is 17.7. The number of hydrogen-bond donors (Lipinski definition) is 2. The zero-order valence-electron chi connectivity index (χ0n) is 13.7. The lowest BCUT2D eigenvalue weighted by Crippen LogP contribution is -2.32. The van der Waals surface area contributed by atoms with Crippen LogP contribution in [0.15, 0.2) is 48.8 Å². The molecule has 1 saturated carbocycles. The minimum atomic E-state index is -0.949. The molecule has 0 radical (unpaired) electrons. The van der Waals surface area contributed by atoms with Gasteiger partial charge in [0.05, 0.1) is 6.07 Å². The molecule has 1 aliphatic carbocycles. The van der Waals surface area contributed by atoms with Gasteiger partial charge in [0.25, 0.3) is 5.91 Å². The van der Waals surface area contributed by atoms with Gasteiger partial charge in [-0.15, -0.1) is 0 Å². The smallest absolute Gasteiger partial charge is 0.255 e. The average Bonchev–Trinajstić information content (AvgIpc) is 3.13. The largest absolute Gasteiger partial charge is 0.325 e. The van der Waals surface area contributed by atoms with Crippen molar-refractivity contribution in [1.29, 1.82) is 5.26 Å². The summed E-state index contributed by atoms with van der Waals surface area (Å²) in [5.74, 6) is -0.572. The van der Waals surface area contributed by atoms with Gasteiger partial charge in [-0.2, -0.15) is 5.26 Å². The number of aromatic nitrogens is 1. The molecule has 0 spiro atoms. The molecule has 0 bridgehead atoms. The molecule has 2 amide bonds. The van der Waals surface area contributed by atoms with Gasteiger partial charge in [-0.25, -0.2) is 0 Å². The van der Waals surface area contributed by atoms with Gasteiger partial charge in [0.2, 0.25) is 5.91 Å². The number of benzene rings is 1. The van der Waals surface area contributed by atoms with E-state index in [1.165, 1.54) is 0 Å². The Labute approximate surface area is 145 Å². The number of rotatable bonds is 4. The van der Waals surface area contributed by atoms with E-state index >= 15 is 0 Å². The summed E-state index contributed by atoms with van der Waals surface area (Å²) in [7, 11) is 0. The third-order valence-corrected chi connectivity index (χ3v) is 4.43. The first-order valence-electron chi connectivity index (χ1n) is 8.17. The van der Waals surface area contributed by atoms with E-state index < -0.39 is 5.41 Å². The number of nitriles is 1. The van der Waals surface area contributed by atoms with E-state index in [0.29, 0.717) is 29.8 Å².